The minimum absolute atomic E-state index is 0.0813. The van der Waals surface area contributed by atoms with Gasteiger partial charge in [0, 0.05) is 31.1 Å². The maximum absolute atomic E-state index is 12.1. The van der Waals surface area contributed by atoms with Crippen molar-refractivity contribution in [3.63, 3.8) is 0 Å². The van der Waals surface area contributed by atoms with Gasteiger partial charge in [-0.25, -0.2) is 12.7 Å². The lowest BCUT2D eigenvalue weighted by Crippen LogP contribution is -2.37. The van der Waals surface area contributed by atoms with Crippen LogP contribution in [0.3, 0.4) is 0 Å². The van der Waals surface area contributed by atoms with Crippen LogP contribution >= 0.6 is 11.3 Å². The van der Waals surface area contributed by atoms with Gasteiger partial charge in [0.15, 0.2) is 0 Å². The Hall–Kier alpha value is -0.920. The summed E-state index contributed by atoms with van der Waals surface area (Å²) < 4.78 is 24.4. The molecule has 0 radical (unpaired) electrons. The molecule has 0 atom stereocenters. The molecule has 0 aliphatic carbocycles. The number of thiophene rings is 1. The summed E-state index contributed by atoms with van der Waals surface area (Å²) >= 11 is 1.57. The van der Waals surface area contributed by atoms with Crippen molar-refractivity contribution < 1.29 is 13.2 Å². The highest BCUT2D eigenvalue weighted by molar-refractivity contribution is 7.88. The Bertz CT molecular complexity index is 525. The molecule has 0 saturated carbocycles. The van der Waals surface area contributed by atoms with Gasteiger partial charge in [0.2, 0.25) is 15.9 Å². The third-order valence-electron chi connectivity index (χ3n) is 3.18. The minimum Gasteiger partial charge on any atom is -0.341 e. The van der Waals surface area contributed by atoms with Crippen LogP contribution in [0.2, 0.25) is 0 Å². The van der Waals surface area contributed by atoms with E-state index in [1.165, 1.54) is 10.6 Å². The second-order valence-electron chi connectivity index (χ2n) is 4.65. The van der Waals surface area contributed by atoms with Crippen LogP contribution in [0.1, 0.15) is 11.3 Å². The van der Waals surface area contributed by atoms with Crippen molar-refractivity contribution in [3.8, 4) is 0 Å². The summed E-state index contributed by atoms with van der Waals surface area (Å²) in [5.74, 6) is 0.0813. The zero-order valence-electron chi connectivity index (χ0n) is 10.9. The molecule has 1 saturated heterocycles. The Morgan fingerprint density at radius 3 is 2.74 bits per heavy atom. The summed E-state index contributed by atoms with van der Waals surface area (Å²) in [5.41, 5.74) is 0. The van der Waals surface area contributed by atoms with E-state index in [4.69, 9.17) is 0 Å². The molecular formula is C12H18N2O3S2. The molecule has 106 valence electrons. The molecule has 0 aromatic carbocycles. The van der Waals surface area contributed by atoms with Gasteiger partial charge in [0.25, 0.3) is 0 Å². The second kappa shape index (κ2) is 6.02. The van der Waals surface area contributed by atoms with Crippen molar-refractivity contribution in [3.05, 3.63) is 22.4 Å². The summed E-state index contributed by atoms with van der Waals surface area (Å²) in [6.07, 6.45) is 2.33. The van der Waals surface area contributed by atoms with Gasteiger partial charge in [-0.15, -0.1) is 11.3 Å². The fourth-order valence-corrected chi connectivity index (χ4v) is 3.72. The zero-order valence-corrected chi connectivity index (χ0v) is 12.5. The van der Waals surface area contributed by atoms with Crippen molar-refractivity contribution in [2.24, 2.45) is 0 Å². The fourth-order valence-electron chi connectivity index (χ4n) is 2.15. The quantitative estimate of drug-likeness (QED) is 0.829. The van der Waals surface area contributed by atoms with Gasteiger partial charge in [-0.2, -0.15) is 0 Å². The van der Waals surface area contributed by atoms with Gasteiger partial charge in [-0.3, -0.25) is 4.79 Å². The molecule has 1 aliphatic rings. The number of amides is 1. The molecule has 1 aromatic heterocycles. The van der Waals surface area contributed by atoms with E-state index in [0.29, 0.717) is 39.0 Å². The Kier molecular flexibility index (Phi) is 4.59. The van der Waals surface area contributed by atoms with E-state index in [1.807, 2.05) is 17.5 Å². The molecule has 0 N–H and O–H groups in total. The SMILES string of the molecule is CS(=O)(=O)N1CCCN(C(=O)Cc2cccs2)CC1. The molecule has 2 heterocycles. The molecule has 7 heteroatoms. The van der Waals surface area contributed by atoms with Crippen LogP contribution in [-0.4, -0.2) is 56.0 Å². The average molecular weight is 302 g/mol. The minimum atomic E-state index is -3.15. The first-order valence-corrected chi connectivity index (χ1v) is 8.95. The first kappa shape index (κ1) is 14.5. The fraction of sp³-hybridized carbons (Fsp3) is 0.583. The van der Waals surface area contributed by atoms with Crippen LogP contribution in [0, 0.1) is 0 Å². The van der Waals surface area contributed by atoms with E-state index < -0.39 is 10.0 Å². The van der Waals surface area contributed by atoms with E-state index in [2.05, 4.69) is 0 Å². The standard InChI is InChI=1S/C12H18N2O3S2/c1-19(16,17)14-6-3-5-13(7-8-14)12(15)10-11-4-2-9-18-11/h2,4,9H,3,5-8,10H2,1H3. The van der Waals surface area contributed by atoms with Gasteiger partial charge in [-0.05, 0) is 17.9 Å². The molecular weight excluding hydrogens is 284 g/mol. The maximum atomic E-state index is 12.1. The lowest BCUT2D eigenvalue weighted by molar-refractivity contribution is -0.130. The number of rotatable bonds is 3. The van der Waals surface area contributed by atoms with E-state index in [9.17, 15) is 13.2 Å². The number of hydrogen-bond acceptors (Lipinski definition) is 4. The second-order valence-corrected chi connectivity index (χ2v) is 7.67. The topological polar surface area (TPSA) is 57.7 Å². The van der Waals surface area contributed by atoms with Gasteiger partial charge >= 0.3 is 0 Å². The molecule has 0 bridgehead atoms. The van der Waals surface area contributed by atoms with Crippen molar-refractivity contribution in [2.45, 2.75) is 12.8 Å². The molecule has 1 aromatic rings. The van der Waals surface area contributed by atoms with Crippen LogP contribution < -0.4 is 0 Å². The summed E-state index contributed by atoms with van der Waals surface area (Å²) in [5, 5.41) is 1.95. The Labute approximate surface area is 117 Å². The number of carbonyl (C=O) groups excluding carboxylic acids is 1. The Balaban J connectivity index is 1.94. The van der Waals surface area contributed by atoms with E-state index in [0.717, 1.165) is 4.88 Å². The molecule has 5 nitrogen and oxygen atoms in total. The maximum Gasteiger partial charge on any atom is 0.227 e. The molecule has 0 unspecified atom stereocenters. The summed E-state index contributed by atoms with van der Waals surface area (Å²) in [4.78, 5) is 15.0. The molecule has 1 aliphatic heterocycles. The number of carbonyl (C=O) groups is 1. The third-order valence-corrected chi connectivity index (χ3v) is 5.36. The molecule has 0 spiro atoms. The smallest absolute Gasteiger partial charge is 0.227 e. The van der Waals surface area contributed by atoms with Crippen molar-refractivity contribution >= 4 is 27.3 Å². The molecule has 1 fully saturated rings. The molecule has 1 amide bonds. The van der Waals surface area contributed by atoms with Crippen molar-refractivity contribution in [1.29, 1.82) is 0 Å². The number of nitrogens with zero attached hydrogens (tertiary/aromatic N) is 2. The van der Waals surface area contributed by atoms with Crippen LogP contribution in [0.25, 0.3) is 0 Å². The van der Waals surface area contributed by atoms with Crippen molar-refractivity contribution in [1.82, 2.24) is 9.21 Å². The highest BCUT2D eigenvalue weighted by atomic mass is 32.2. The summed E-state index contributed by atoms with van der Waals surface area (Å²) in [6.45, 7) is 2.02. The first-order chi connectivity index (χ1) is 8.97. The Morgan fingerprint density at radius 2 is 2.11 bits per heavy atom. The average Bonchev–Trinajstić information content (AvgIpc) is 2.69. The molecule has 2 rings (SSSR count). The lowest BCUT2D eigenvalue weighted by atomic mass is 10.3. The zero-order chi connectivity index (χ0) is 13.9. The summed E-state index contributed by atoms with van der Waals surface area (Å²) in [7, 11) is -3.15. The van der Waals surface area contributed by atoms with Crippen LogP contribution in [0.15, 0.2) is 17.5 Å². The van der Waals surface area contributed by atoms with Crippen LogP contribution in [-0.2, 0) is 21.2 Å². The highest BCUT2D eigenvalue weighted by Gasteiger charge is 2.23. The summed E-state index contributed by atoms with van der Waals surface area (Å²) in [6, 6.07) is 3.88. The van der Waals surface area contributed by atoms with Crippen molar-refractivity contribution in [2.75, 3.05) is 32.4 Å². The van der Waals surface area contributed by atoms with E-state index in [-0.39, 0.29) is 5.91 Å². The van der Waals surface area contributed by atoms with Gasteiger partial charge in [-0.1, -0.05) is 6.07 Å². The van der Waals surface area contributed by atoms with Crippen LogP contribution in [0.5, 0.6) is 0 Å². The normalized spacial score (nSPS) is 18.3. The Morgan fingerprint density at radius 1 is 1.32 bits per heavy atom. The monoisotopic (exact) mass is 302 g/mol. The molecule has 19 heavy (non-hydrogen) atoms. The lowest BCUT2D eigenvalue weighted by Gasteiger charge is -2.20. The third kappa shape index (κ3) is 4.02. The highest BCUT2D eigenvalue weighted by Crippen LogP contribution is 2.13. The van der Waals surface area contributed by atoms with E-state index >= 15 is 0 Å². The predicted octanol–water partition coefficient (Wildman–Crippen LogP) is 0.784. The largest absolute Gasteiger partial charge is 0.341 e. The van der Waals surface area contributed by atoms with Crippen LogP contribution in [0.4, 0.5) is 0 Å². The first-order valence-electron chi connectivity index (χ1n) is 6.22. The van der Waals surface area contributed by atoms with Gasteiger partial charge in [0.05, 0.1) is 12.7 Å². The van der Waals surface area contributed by atoms with Gasteiger partial charge < -0.3 is 4.90 Å². The van der Waals surface area contributed by atoms with E-state index in [1.54, 1.807) is 16.2 Å². The van der Waals surface area contributed by atoms with Gasteiger partial charge in [0.1, 0.15) is 0 Å². The number of sulfonamides is 1. The number of hydrogen-bond donors (Lipinski definition) is 0. The predicted molar refractivity (Wildman–Crippen MR) is 75.6 cm³/mol.